The zero-order valence-electron chi connectivity index (χ0n) is 14.9. The molecule has 1 aliphatic rings. The molecule has 6 heteroatoms. The van der Waals surface area contributed by atoms with Crippen molar-refractivity contribution < 1.29 is 4.79 Å². The van der Waals surface area contributed by atoms with Crippen LogP contribution in [0.25, 0.3) is 0 Å². The van der Waals surface area contributed by atoms with E-state index in [1.54, 1.807) is 11.3 Å². The first-order valence-electron chi connectivity index (χ1n) is 8.55. The molecule has 1 N–H and O–H groups in total. The van der Waals surface area contributed by atoms with Gasteiger partial charge in [-0.1, -0.05) is 0 Å². The lowest BCUT2D eigenvalue weighted by Crippen LogP contribution is -2.50. The third-order valence-corrected chi connectivity index (χ3v) is 5.89. The van der Waals surface area contributed by atoms with E-state index in [-0.39, 0.29) is 11.8 Å². The maximum atomic E-state index is 12.9. The zero-order valence-corrected chi connectivity index (χ0v) is 15.7. The third-order valence-electron chi connectivity index (χ3n) is 5.19. The van der Waals surface area contributed by atoms with Crippen molar-refractivity contribution in [3.63, 3.8) is 0 Å². The summed E-state index contributed by atoms with van der Waals surface area (Å²) in [5.41, 5.74) is 4.35. The third kappa shape index (κ3) is 3.26. The highest BCUT2D eigenvalue weighted by atomic mass is 32.1. The Hall–Kier alpha value is -1.66. The molecule has 24 heavy (non-hydrogen) atoms. The van der Waals surface area contributed by atoms with Crippen LogP contribution in [-0.2, 0) is 4.79 Å². The molecule has 0 aromatic carbocycles. The first-order chi connectivity index (χ1) is 11.5. The van der Waals surface area contributed by atoms with Gasteiger partial charge in [0.2, 0.25) is 5.91 Å². The largest absolute Gasteiger partial charge is 0.340 e. The number of piperazine rings is 1. The highest BCUT2D eigenvalue weighted by molar-refractivity contribution is 7.07. The highest BCUT2D eigenvalue weighted by Crippen LogP contribution is 2.26. The SMILES string of the molecule is Cc1n[nH]c(C)c1[C@@H](C)C(=O)N1CCN([C@H](C)c2ccsc2)CC1. The van der Waals surface area contributed by atoms with Crippen molar-refractivity contribution in [1.29, 1.82) is 0 Å². The monoisotopic (exact) mass is 346 g/mol. The minimum absolute atomic E-state index is 0.135. The smallest absolute Gasteiger partial charge is 0.230 e. The van der Waals surface area contributed by atoms with Crippen LogP contribution in [0.4, 0.5) is 0 Å². The summed E-state index contributed by atoms with van der Waals surface area (Å²) in [6, 6.07) is 2.61. The van der Waals surface area contributed by atoms with E-state index in [4.69, 9.17) is 0 Å². The molecule has 0 aliphatic carbocycles. The number of aryl methyl sites for hydroxylation is 2. The van der Waals surface area contributed by atoms with E-state index in [0.717, 1.165) is 43.1 Å². The number of aromatic nitrogens is 2. The van der Waals surface area contributed by atoms with Gasteiger partial charge in [-0.05, 0) is 50.1 Å². The molecule has 1 saturated heterocycles. The van der Waals surface area contributed by atoms with Gasteiger partial charge >= 0.3 is 0 Å². The fraction of sp³-hybridized carbons (Fsp3) is 0.556. The summed E-state index contributed by atoms with van der Waals surface area (Å²) in [5, 5.41) is 11.6. The Bertz CT molecular complexity index is 666. The van der Waals surface area contributed by atoms with Crippen LogP contribution in [0.2, 0.25) is 0 Å². The molecule has 2 aromatic rings. The van der Waals surface area contributed by atoms with Gasteiger partial charge < -0.3 is 4.90 Å². The Kier molecular flexibility index (Phi) is 5.06. The molecule has 0 unspecified atom stereocenters. The normalized spacial score (nSPS) is 18.6. The summed E-state index contributed by atoms with van der Waals surface area (Å²) in [4.78, 5) is 17.3. The molecular formula is C18H26N4OS. The van der Waals surface area contributed by atoms with Crippen LogP contribution >= 0.6 is 11.3 Å². The molecule has 1 amide bonds. The lowest BCUT2D eigenvalue weighted by atomic mass is 9.97. The first-order valence-corrected chi connectivity index (χ1v) is 9.49. The number of hydrogen-bond acceptors (Lipinski definition) is 4. The van der Waals surface area contributed by atoms with Gasteiger partial charge in [0, 0.05) is 43.5 Å². The first kappa shape index (κ1) is 17.2. The summed E-state index contributed by atoms with van der Waals surface area (Å²) >= 11 is 1.74. The van der Waals surface area contributed by atoms with Crippen LogP contribution in [0.1, 0.15) is 48.3 Å². The molecule has 5 nitrogen and oxygen atoms in total. The number of rotatable bonds is 4. The number of carbonyl (C=O) groups is 1. The Morgan fingerprint density at radius 3 is 2.50 bits per heavy atom. The Morgan fingerprint density at radius 2 is 1.96 bits per heavy atom. The summed E-state index contributed by atoms with van der Waals surface area (Å²) in [5.74, 6) is 0.0787. The van der Waals surface area contributed by atoms with Gasteiger partial charge in [0.15, 0.2) is 0 Å². The molecule has 0 bridgehead atoms. The van der Waals surface area contributed by atoms with E-state index in [1.165, 1.54) is 5.56 Å². The second-order valence-electron chi connectivity index (χ2n) is 6.66. The van der Waals surface area contributed by atoms with E-state index in [2.05, 4.69) is 38.8 Å². The number of thiophene rings is 1. The van der Waals surface area contributed by atoms with Crippen molar-refractivity contribution in [3.8, 4) is 0 Å². The molecule has 0 radical (unpaired) electrons. The number of amides is 1. The summed E-state index contributed by atoms with van der Waals surface area (Å²) in [7, 11) is 0. The quantitative estimate of drug-likeness (QED) is 0.925. The molecule has 3 rings (SSSR count). The van der Waals surface area contributed by atoms with E-state index < -0.39 is 0 Å². The number of hydrogen-bond donors (Lipinski definition) is 1. The number of nitrogens with one attached hydrogen (secondary N) is 1. The fourth-order valence-corrected chi connectivity index (χ4v) is 4.39. The van der Waals surface area contributed by atoms with Gasteiger partial charge in [0.05, 0.1) is 11.6 Å². The second-order valence-corrected chi connectivity index (χ2v) is 7.44. The standard InChI is InChI=1S/C18H26N4OS/c1-12(17-13(2)19-20-14(17)3)18(23)22-8-6-21(7-9-22)15(4)16-5-10-24-11-16/h5,10-12,15H,6-9H2,1-4H3,(H,19,20)/t12-,15-/m1/s1. The number of nitrogens with zero attached hydrogens (tertiary/aromatic N) is 3. The molecular weight excluding hydrogens is 320 g/mol. The average Bonchev–Trinajstić information content (AvgIpc) is 3.23. The molecule has 0 saturated carbocycles. The molecule has 0 spiro atoms. The molecule has 2 aromatic heterocycles. The molecule has 130 valence electrons. The van der Waals surface area contributed by atoms with Gasteiger partial charge in [0.25, 0.3) is 0 Å². The van der Waals surface area contributed by atoms with Gasteiger partial charge in [-0.2, -0.15) is 16.4 Å². The zero-order chi connectivity index (χ0) is 17.3. The van der Waals surface area contributed by atoms with Crippen LogP contribution in [0.3, 0.4) is 0 Å². The Balaban J connectivity index is 1.61. The summed E-state index contributed by atoms with van der Waals surface area (Å²) in [6.07, 6.45) is 0. The molecule has 3 heterocycles. The van der Waals surface area contributed by atoms with Gasteiger partial charge in [-0.25, -0.2) is 0 Å². The van der Waals surface area contributed by atoms with Gasteiger partial charge in [0.1, 0.15) is 0 Å². The topological polar surface area (TPSA) is 52.2 Å². The van der Waals surface area contributed by atoms with E-state index in [1.807, 2.05) is 25.7 Å². The average molecular weight is 347 g/mol. The van der Waals surface area contributed by atoms with Crippen molar-refractivity contribution >= 4 is 17.2 Å². The fourth-order valence-electron chi connectivity index (χ4n) is 3.65. The van der Waals surface area contributed by atoms with E-state index >= 15 is 0 Å². The van der Waals surface area contributed by atoms with Crippen LogP contribution in [0.5, 0.6) is 0 Å². The minimum atomic E-state index is -0.135. The minimum Gasteiger partial charge on any atom is -0.340 e. The summed E-state index contributed by atoms with van der Waals surface area (Å²) < 4.78 is 0. The number of H-pyrrole nitrogens is 1. The second kappa shape index (κ2) is 7.07. The Morgan fingerprint density at radius 1 is 1.25 bits per heavy atom. The highest BCUT2D eigenvalue weighted by Gasteiger charge is 2.29. The van der Waals surface area contributed by atoms with Crippen molar-refractivity contribution in [2.75, 3.05) is 26.2 Å². The van der Waals surface area contributed by atoms with Crippen LogP contribution < -0.4 is 0 Å². The van der Waals surface area contributed by atoms with Crippen molar-refractivity contribution in [1.82, 2.24) is 20.0 Å². The van der Waals surface area contributed by atoms with Gasteiger partial charge in [-0.3, -0.25) is 14.8 Å². The van der Waals surface area contributed by atoms with Crippen LogP contribution in [0, 0.1) is 13.8 Å². The predicted molar refractivity (Wildman–Crippen MR) is 97.4 cm³/mol. The van der Waals surface area contributed by atoms with Crippen LogP contribution in [0.15, 0.2) is 16.8 Å². The maximum absolute atomic E-state index is 12.9. The lowest BCUT2D eigenvalue weighted by molar-refractivity contribution is -0.134. The molecule has 1 aliphatic heterocycles. The van der Waals surface area contributed by atoms with E-state index in [0.29, 0.717) is 6.04 Å². The van der Waals surface area contributed by atoms with E-state index in [9.17, 15) is 4.79 Å². The predicted octanol–water partition coefficient (Wildman–Crippen LogP) is 3.10. The Labute approximate surface area is 147 Å². The number of carbonyl (C=O) groups excluding carboxylic acids is 1. The van der Waals surface area contributed by atoms with Crippen molar-refractivity contribution in [2.24, 2.45) is 0 Å². The molecule has 1 fully saturated rings. The summed E-state index contributed by atoms with van der Waals surface area (Å²) in [6.45, 7) is 11.6. The van der Waals surface area contributed by atoms with Crippen molar-refractivity contribution in [3.05, 3.63) is 39.3 Å². The van der Waals surface area contributed by atoms with Crippen molar-refractivity contribution in [2.45, 2.75) is 39.7 Å². The lowest BCUT2D eigenvalue weighted by Gasteiger charge is -2.38. The maximum Gasteiger partial charge on any atom is 0.230 e. The van der Waals surface area contributed by atoms with Crippen LogP contribution in [-0.4, -0.2) is 52.1 Å². The van der Waals surface area contributed by atoms with Gasteiger partial charge in [-0.15, -0.1) is 0 Å². The number of aromatic amines is 1. The molecule has 2 atom stereocenters.